The number of hydrogen-bond acceptors (Lipinski definition) is 4. The molecule has 0 bridgehead atoms. The van der Waals surface area contributed by atoms with Crippen LogP contribution in [0.15, 0.2) is 0 Å². The molecular formula is C12H18N4. The topological polar surface area (TPSA) is 49.8 Å². The highest BCUT2D eigenvalue weighted by atomic mass is 15.1. The lowest BCUT2D eigenvalue weighted by Crippen LogP contribution is -2.11. The Morgan fingerprint density at radius 3 is 2.75 bits per heavy atom. The largest absolute Gasteiger partial charge is 0.351 e. The van der Waals surface area contributed by atoms with Crippen molar-refractivity contribution in [3.05, 3.63) is 17.0 Å². The Hall–Kier alpha value is -1.16. The highest BCUT2D eigenvalue weighted by Crippen LogP contribution is 2.27. The average molecular weight is 218 g/mol. The fourth-order valence-corrected chi connectivity index (χ4v) is 2.15. The van der Waals surface area contributed by atoms with Gasteiger partial charge in [0.15, 0.2) is 0 Å². The molecule has 0 radical (unpaired) electrons. The van der Waals surface area contributed by atoms with Crippen LogP contribution in [0.4, 0.5) is 5.95 Å². The van der Waals surface area contributed by atoms with E-state index in [1.807, 2.05) is 0 Å². The van der Waals surface area contributed by atoms with Crippen LogP contribution in [0, 0.1) is 0 Å². The summed E-state index contributed by atoms with van der Waals surface area (Å²) in [6.07, 6.45) is 2.52. The normalized spacial score (nSPS) is 18.9. The van der Waals surface area contributed by atoms with E-state index in [0.29, 0.717) is 12.0 Å². The Balaban J connectivity index is 1.97. The molecule has 1 saturated carbocycles. The number of nitrogens with zero attached hydrogens (tertiary/aromatic N) is 2. The van der Waals surface area contributed by atoms with Crippen molar-refractivity contribution in [2.75, 3.05) is 5.32 Å². The molecule has 4 nitrogen and oxygen atoms in total. The first-order valence-electron chi connectivity index (χ1n) is 6.11. The van der Waals surface area contributed by atoms with Gasteiger partial charge in [0, 0.05) is 24.7 Å². The quantitative estimate of drug-likeness (QED) is 0.812. The molecule has 0 aromatic carbocycles. The molecule has 1 aromatic heterocycles. The second-order valence-electron chi connectivity index (χ2n) is 5.03. The van der Waals surface area contributed by atoms with E-state index in [4.69, 9.17) is 0 Å². The van der Waals surface area contributed by atoms with Gasteiger partial charge in [-0.15, -0.1) is 0 Å². The molecule has 3 rings (SSSR count). The Bertz CT molecular complexity index is 410. The van der Waals surface area contributed by atoms with Crippen LogP contribution in [-0.4, -0.2) is 16.0 Å². The van der Waals surface area contributed by atoms with Crippen molar-refractivity contribution in [1.82, 2.24) is 15.3 Å². The predicted molar refractivity (Wildman–Crippen MR) is 63.3 cm³/mol. The molecule has 0 atom stereocenters. The number of aromatic nitrogens is 2. The number of rotatable bonds is 3. The molecule has 1 fully saturated rings. The van der Waals surface area contributed by atoms with Gasteiger partial charge >= 0.3 is 0 Å². The molecule has 2 N–H and O–H groups in total. The Morgan fingerprint density at radius 1 is 1.25 bits per heavy atom. The van der Waals surface area contributed by atoms with E-state index in [1.54, 1.807) is 0 Å². The zero-order valence-corrected chi connectivity index (χ0v) is 9.88. The molecule has 4 heteroatoms. The smallest absolute Gasteiger partial charge is 0.223 e. The van der Waals surface area contributed by atoms with Gasteiger partial charge in [0.05, 0.1) is 11.4 Å². The lowest BCUT2D eigenvalue weighted by molar-refractivity contribution is 0.746. The molecule has 1 aromatic rings. The van der Waals surface area contributed by atoms with Crippen molar-refractivity contribution >= 4 is 5.95 Å². The van der Waals surface area contributed by atoms with Gasteiger partial charge in [-0.1, -0.05) is 13.8 Å². The molecule has 86 valence electrons. The van der Waals surface area contributed by atoms with Crippen molar-refractivity contribution in [1.29, 1.82) is 0 Å². The Labute approximate surface area is 95.9 Å². The monoisotopic (exact) mass is 218 g/mol. The van der Waals surface area contributed by atoms with Gasteiger partial charge in [0.2, 0.25) is 5.95 Å². The molecule has 0 unspecified atom stereocenters. The first-order valence-corrected chi connectivity index (χ1v) is 6.11. The van der Waals surface area contributed by atoms with E-state index in [9.17, 15) is 0 Å². The summed E-state index contributed by atoms with van der Waals surface area (Å²) in [5, 5.41) is 6.74. The van der Waals surface area contributed by atoms with Crippen LogP contribution in [0.5, 0.6) is 0 Å². The molecule has 1 aliphatic heterocycles. The minimum atomic E-state index is 0.469. The van der Waals surface area contributed by atoms with Crippen LogP contribution in [-0.2, 0) is 13.1 Å². The molecule has 0 spiro atoms. The van der Waals surface area contributed by atoms with Crippen LogP contribution in [0.3, 0.4) is 0 Å². The minimum Gasteiger partial charge on any atom is -0.351 e. The summed E-state index contributed by atoms with van der Waals surface area (Å²) in [4.78, 5) is 9.25. The van der Waals surface area contributed by atoms with Crippen molar-refractivity contribution in [2.24, 2.45) is 0 Å². The summed E-state index contributed by atoms with van der Waals surface area (Å²) >= 11 is 0. The van der Waals surface area contributed by atoms with Crippen LogP contribution in [0.1, 0.15) is 49.6 Å². The maximum Gasteiger partial charge on any atom is 0.223 e. The van der Waals surface area contributed by atoms with Crippen molar-refractivity contribution in [3.8, 4) is 0 Å². The third-order valence-electron chi connectivity index (χ3n) is 3.18. The zero-order chi connectivity index (χ0) is 11.1. The van der Waals surface area contributed by atoms with Gasteiger partial charge < -0.3 is 10.6 Å². The van der Waals surface area contributed by atoms with E-state index in [-0.39, 0.29) is 0 Å². The average Bonchev–Trinajstić information content (AvgIpc) is 2.93. The second kappa shape index (κ2) is 3.70. The molecule has 1 aliphatic carbocycles. The zero-order valence-electron chi connectivity index (χ0n) is 9.88. The summed E-state index contributed by atoms with van der Waals surface area (Å²) in [5.74, 6) is 1.30. The molecule has 0 saturated heterocycles. The molecule has 2 aliphatic rings. The van der Waals surface area contributed by atoms with Crippen LogP contribution >= 0.6 is 0 Å². The maximum atomic E-state index is 4.66. The van der Waals surface area contributed by atoms with Gasteiger partial charge in [-0.2, -0.15) is 0 Å². The summed E-state index contributed by atoms with van der Waals surface area (Å²) in [6, 6.07) is 0.618. The van der Waals surface area contributed by atoms with Crippen molar-refractivity contribution in [2.45, 2.75) is 51.7 Å². The highest BCUT2D eigenvalue weighted by molar-refractivity contribution is 5.39. The highest BCUT2D eigenvalue weighted by Gasteiger charge is 2.25. The Kier molecular flexibility index (Phi) is 2.32. The summed E-state index contributed by atoms with van der Waals surface area (Å²) in [5.41, 5.74) is 3.70. The van der Waals surface area contributed by atoms with E-state index < -0.39 is 0 Å². The van der Waals surface area contributed by atoms with Crippen molar-refractivity contribution < 1.29 is 0 Å². The Morgan fingerprint density at radius 2 is 2.06 bits per heavy atom. The van der Waals surface area contributed by atoms with Crippen LogP contribution in [0.2, 0.25) is 0 Å². The first-order chi connectivity index (χ1) is 7.74. The second-order valence-corrected chi connectivity index (χ2v) is 5.03. The third-order valence-corrected chi connectivity index (χ3v) is 3.18. The summed E-state index contributed by atoms with van der Waals surface area (Å²) < 4.78 is 0. The number of hydrogen-bond donors (Lipinski definition) is 2. The lowest BCUT2D eigenvalue weighted by Gasteiger charge is -2.12. The van der Waals surface area contributed by atoms with Crippen molar-refractivity contribution in [3.63, 3.8) is 0 Å². The fraction of sp³-hybridized carbons (Fsp3) is 0.667. The summed E-state index contributed by atoms with van der Waals surface area (Å²) in [7, 11) is 0. The van der Waals surface area contributed by atoms with Gasteiger partial charge in [0.25, 0.3) is 0 Å². The van der Waals surface area contributed by atoms with Gasteiger partial charge in [-0.05, 0) is 18.8 Å². The van der Waals surface area contributed by atoms with Gasteiger partial charge in [-0.25, -0.2) is 9.97 Å². The molecular weight excluding hydrogens is 200 g/mol. The standard InChI is InChI=1S/C12H18N4/c1-7(2)11-9-5-13-6-10(9)15-12(16-11)14-8-3-4-8/h7-8,13H,3-6H2,1-2H3,(H,14,15,16). The lowest BCUT2D eigenvalue weighted by atomic mass is 10.0. The fourth-order valence-electron chi connectivity index (χ4n) is 2.15. The molecule has 16 heavy (non-hydrogen) atoms. The van der Waals surface area contributed by atoms with Gasteiger partial charge in [0.1, 0.15) is 0 Å². The SMILES string of the molecule is CC(C)c1nc(NC2CC2)nc2c1CNC2. The maximum absolute atomic E-state index is 4.66. The van der Waals surface area contributed by atoms with Crippen LogP contribution < -0.4 is 10.6 Å². The minimum absolute atomic E-state index is 0.469. The molecule has 2 heterocycles. The van der Waals surface area contributed by atoms with E-state index >= 15 is 0 Å². The first kappa shape index (κ1) is 10.0. The number of fused-ring (bicyclic) bond motifs is 1. The van der Waals surface area contributed by atoms with Crippen LogP contribution in [0.25, 0.3) is 0 Å². The number of anilines is 1. The van der Waals surface area contributed by atoms with E-state index in [1.165, 1.54) is 29.8 Å². The third kappa shape index (κ3) is 1.78. The molecule has 0 amide bonds. The summed E-state index contributed by atoms with van der Waals surface area (Å²) in [6.45, 7) is 6.20. The predicted octanol–water partition coefficient (Wildman–Crippen LogP) is 1.78. The number of nitrogens with one attached hydrogen (secondary N) is 2. The van der Waals surface area contributed by atoms with Gasteiger partial charge in [-0.3, -0.25) is 0 Å². The van der Waals surface area contributed by atoms with E-state index in [2.05, 4.69) is 34.4 Å². The van der Waals surface area contributed by atoms with E-state index in [0.717, 1.165) is 19.0 Å².